The lowest BCUT2D eigenvalue weighted by atomic mass is 10.0. The molecule has 1 aliphatic rings. The number of piperazine rings is 1. The lowest BCUT2D eigenvalue weighted by Crippen LogP contribution is -2.50. The maximum absolute atomic E-state index is 14.3. The number of halogens is 3. The van der Waals surface area contributed by atoms with Crippen molar-refractivity contribution in [2.75, 3.05) is 39.9 Å². The fourth-order valence-electron chi connectivity index (χ4n) is 5.56. The number of aromatic nitrogens is 3. The molecule has 0 unspecified atom stereocenters. The van der Waals surface area contributed by atoms with Crippen LogP contribution in [0.1, 0.15) is 45.7 Å². The Bertz CT molecular complexity index is 1660. The number of hydrogen-bond acceptors (Lipinski definition) is 7. The van der Waals surface area contributed by atoms with E-state index in [-0.39, 0.29) is 41.0 Å². The van der Waals surface area contributed by atoms with Crippen LogP contribution in [0.2, 0.25) is 0 Å². The van der Waals surface area contributed by atoms with Crippen LogP contribution < -0.4 is 10.1 Å². The van der Waals surface area contributed by atoms with E-state index in [4.69, 9.17) is 4.74 Å². The molecule has 0 saturated carbocycles. The van der Waals surface area contributed by atoms with E-state index in [1.165, 1.54) is 21.0 Å². The van der Waals surface area contributed by atoms with Gasteiger partial charge >= 0.3 is 6.18 Å². The summed E-state index contributed by atoms with van der Waals surface area (Å²) in [5, 5.41) is 17.0. The second kappa shape index (κ2) is 12.6. The first kappa shape index (κ1) is 31.0. The molecule has 10 nitrogen and oxygen atoms in total. The standard InChI is InChI=1S/C31H33F3N6O4/c1-19-27(22-7-9-24(44-3)10-8-22)37-29-25(17-36-40(29)28(19)31(32,33)34)30(43)39-13-11-38(12-14-39)26(18-41)23-6-4-5-21(15-23)16-35-20(2)42/h4-10,15,17,26,41H,11-14,16,18H2,1-3H3,(H,35,42)/t26-/m0/s1. The number of nitrogens with one attached hydrogen (secondary N) is 1. The Kier molecular flexibility index (Phi) is 8.88. The molecule has 0 bridgehead atoms. The van der Waals surface area contributed by atoms with E-state index in [2.05, 4.69) is 20.3 Å². The van der Waals surface area contributed by atoms with Crippen LogP contribution in [0.4, 0.5) is 13.2 Å². The van der Waals surface area contributed by atoms with Crippen molar-refractivity contribution in [1.29, 1.82) is 0 Å². The van der Waals surface area contributed by atoms with Gasteiger partial charge in [-0.1, -0.05) is 24.3 Å². The first-order chi connectivity index (χ1) is 21.0. The van der Waals surface area contributed by atoms with Crippen LogP contribution in [-0.4, -0.2) is 81.2 Å². The van der Waals surface area contributed by atoms with Crippen molar-refractivity contribution >= 4 is 17.5 Å². The Hall–Kier alpha value is -4.49. The van der Waals surface area contributed by atoms with Gasteiger partial charge < -0.3 is 20.1 Å². The van der Waals surface area contributed by atoms with E-state index in [1.54, 1.807) is 29.2 Å². The zero-order valence-corrected chi connectivity index (χ0v) is 24.6. The molecule has 3 heterocycles. The van der Waals surface area contributed by atoms with E-state index < -0.39 is 17.8 Å². The quantitative estimate of drug-likeness (QED) is 0.312. The SMILES string of the molecule is COc1ccc(-c2nc3c(C(=O)N4CCN([C@@H](CO)c5cccc(CNC(C)=O)c5)CC4)cnn3c(C(F)(F)F)c2C)cc1. The third kappa shape index (κ3) is 6.24. The van der Waals surface area contributed by atoms with Gasteiger partial charge in [0.2, 0.25) is 5.91 Å². The van der Waals surface area contributed by atoms with Gasteiger partial charge in [0.1, 0.15) is 11.3 Å². The molecule has 1 saturated heterocycles. The van der Waals surface area contributed by atoms with Crippen LogP contribution in [0, 0.1) is 6.92 Å². The van der Waals surface area contributed by atoms with Crippen molar-refractivity contribution in [2.45, 2.75) is 32.6 Å². The molecular formula is C31H33F3N6O4. The minimum absolute atomic E-state index is 0.0249. The monoisotopic (exact) mass is 610 g/mol. The van der Waals surface area contributed by atoms with E-state index in [0.717, 1.165) is 17.3 Å². The molecule has 1 fully saturated rings. The maximum atomic E-state index is 14.3. The summed E-state index contributed by atoms with van der Waals surface area (Å²) in [4.78, 5) is 33.1. The van der Waals surface area contributed by atoms with Crippen molar-refractivity contribution < 1.29 is 32.6 Å². The number of fused-ring (bicyclic) bond motifs is 1. The van der Waals surface area contributed by atoms with E-state index in [9.17, 15) is 27.9 Å². The van der Waals surface area contributed by atoms with Crippen LogP contribution in [0.15, 0.2) is 54.7 Å². The number of amides is 2. The maximum Gasteiger partial charge on any atom is 0.433 e. The predicted molar refractivity (Wildman–Crippen MR) is 156 cm³/mol. The molecule has 2 aromatic carbocycles. The summed E-state index contributed by atoms with van der Waals surface area (Å²) < 4.78 is 48.8. The lowest BCUT2D eigenvalue weighted by Gasteiger charge is -2.38. The van der Waals surface area contributed by atoms with Gasteiger partial charge in [-0.05, 0) is 42.3 Å². The number of carbonyl (C=O) groups excluding carboxylic acids is 2. The molecule has 0 aliphatic carbocycles. The number of nitrogens with zero attached hydrogens (tertiary/aromatic N) is 5. The number of aliphatic hydroxyl groups is 1. The molecular weight excluding hydrogens is 577 g/mol. The van der Waals surface area contributed by atoms with Crippen molar-refractivity contribution in [1.82, 2.24) is 29.7 Å². The number of benzene rings is 2. The Morgan fingerprint density at radius 1 is 1.09 bits per heavy atom. The smallest absolute Gasteiger partial charge is 0.433 e. The molecule has 13 heteroatoms. The van der Waals surface area contributed by atoms with Crippen LogP contribution >= 0.6 is 0 Å². The van der Waals surface area contributed by atoms with Gasteiger partial charge in [0, 0.05) is 50.8 Å². The van der Waals surface area contributed by atoms with E-state index in [0.29, 0.717) is 48.6 Å². The summed E-state index contributed by atoms with van der Waals surface area (Å²) in [5.74, 6) is -0.0651. The van der Waals surface area contributed by atoms with Gasteiger partial charge in [0.25, 0.3) is 5.91 Å². The number of alkyl halides is 3. The lowest BCUT2D eigenvalue weighted by molar-refractivity contribution is -0.143. The van der Waals surface area contributed by atoms with Crippen molar-refractivity contribution in [2.24, 2.45) is 0 Å². The average Bonchev–Trinajstić information content (AvgIpc) is 3.42. The van der Waals surface area contributed by atoms with Crippen molar-refractivity contribution in [3.05, 3.63) is 82.7 Å². The van der Waals surface area contributed by atoms with Gasteiger partial charge in [-0.25, -0.2) is 9.50 Å². The highest BCUT2D eigenvalue weighted by Gasteiger charge is 2.39. The molecule has 5 rings (SSSR count). The first-order valence-corrected chi connectivity index (χ1v) is 14.1. The fraction of sp³-hybridized carbons (Fsp3) is 0.355. The normalized spacial score (nSPS) is 14.9. The minimum Gasteiger partial charge on any atom is -0.497 e. The highest BCUT2D eigenvalue weighted by atomic mass is 19.4. The summed E-state index contributed by atoms with van der Waals surface area (Å²) in [6.07, 6.45) is -3.61. The second-order valence-electron chi connectivity index (χ2n) is 10.6. The molecule has 4 aromatic rings. The van der Waals surface area contributed by atoms with Gasteiger partial charge in [0.15, 0.2) is 11.3 Å². The molecule has 2 amide bonds. The second-order valence-corrected chi connectivity index (χ2v) is 10.6. The number of methoxy groups -OCH3 is 1. The molecule has 1 aliphatic heterocycles. The van der Waals surface area contributed by atoms with Crippen molar-refractivity contribution in [3.63, 3.8) is 0 Å². The average molecular weight is 611 g/mol. The Morgan fingerprint density at radius 2 is 1.80 bits per heavy atom. The summed E-state index contributed by atoms with van der Waals surface area (Å²) in [6.45, 7) is 4.46. The molecule has 2 N–H and O–H groups in total. The number of ether oxygens (including phenoxy) is 1. The zero-order chi connectivity index (χ0) is 31.6. The van der Waals surface area contributed by atoms with Crippen LogP contribution in [0.3, 0.4) is 0 Å². The summed E-state index contributed by atoms with van der Waals surface area (Å²) in [5.41, 5.74) is 1.01. The molecule has 1 atom stereocenters. The summed E-state index contributed by atoms with van der Waals surface area (Å²) in [7, 11) is 1.49. The van der Waals surface area contributed by atoms with Gasteiger partial charge in [-0.2, -0.15) is 18.3 Å². The molecule has 2 aromatic heterocycles. The Labute approximate surface area is 252 Å². The van der Waals surface area contributed by atoms with Gasteiger partial charge in [0.05, 0.1) is 31.6 Å². The number of aliphatic hydroxyl groups excluding tert-OH is 1. The Balaban J connectivity index is 1.39. The predicted octanol–water partition coefficient (Wildman–Crippen LogP) is 3.86. The Morgan fingerprint density at radius 3 is 2.41 bits per heavy atom. The topological polar surface area (TPSA) is 112 Å². The largest absolute Gasteiger partial charge is 0.497 e. The molecule has 0 spiro atoms. The zero-order valence-electron chi connectivity index (χ0n) is 24.6. The van der Waals surface area contributed by atoms with Crippen LogP contribution in [0.5, 0.6) is 5.75 Å². The van der Waals surface area contributed by atoms with Gasteiger partial charge in [-0.3, -0.25) is 14.5 Å². The summed E-state index contributed by atoms with van der Waals surface area (Å²) >= 11 is 0. The number of hydrogen-bond donors (Lipinski definition) is 2. The number of rotatable bonds is 8. The first-order valence-electron chi connectivity index (χ1n) is 14.1. The van der Waals surface area contributed by atoms with Crippen LogP contribution in [0.25, 0.3) is 16.9 Å². The molecule has 44 heavy (non-hydrogen) atoms. The van der Waals surface area contributed by atoms with Crippen LogP contribution in [-0.2, 0) is 17.5 Å². The van der Waals surface area contributed by atoms with E-state index >= 15 is 0 Å². The summed E-state index contributed by atoms with van der Waals surface area (Å²) in [6, 6.07) is 13.8. The highest BCUT2D eigenvalue weighted by molar-refractivity contribution is 6.00. The van der Waals surface area contributed by atoms with Gasteiger partial charge in [-0.15, -0.1) is 0 Å². The third-order valence-electron chi connectivity index (χ3n) is 7.84. The minimum atomic E-state index is -4.75. The highest BCUT2D eigenvalue weighted by Crippen LogP contribution is 2.37. The molecule has 0 radical (unpaired) electrons. The van der Waals surface area contributed by atoms with E-state index in [1.807, 2.05) is 24.3 Å². The number of carbonyl (C=O) groups is 2. The van der Waals surface area contributed by atoms with Crippen molar-refractivity contribution in [3.8, 4) is 17.0 Å². The molecule has 232 valence electrons. The third-order valence-corrected chi connectivity index (χ3v) is 7.84. The fourth-order valence-corrected chi connectivity index (χ4v) is 5.56.